The number of ether oxygens (including phenoxy) is 1. The Kier molecular flexibility index (Phi) is 4.42. The highest BCUT2D eigenvalue weighted by Gasteiger charge is 2.27. The van der Waals surface area contributed by atoms with Crippen molar-refractivity contribution in [3.8, 4) is 0 Å². The minimum absolute atomic E-state index is 0.357. The van der Waals surface area contributed by atoms with Crippen LogP contribution in [0.15, 0.2) is 0 Å². The van der Waals surface area contributed by atoms with Crippen LogP contribution in [0.4, 0.5) is 5.82 Å². The van der Waals surface area contributed by atoms with Gasteiger partial charge in [0.25, 0.3) is 0 Å². The molecule has 0 spiro atoms. The molecule has 1 aromatic heterocycles. The summed E-state index contributed by atoms with van der Waals surface area (Å²) in [5.74, 6) is 1.45. The van der Waals surface area contributed by atoms with Crippen LogP contribution in [0.2, 0.25) is 0 Å². The molecule has 19 heavy (non-hydrogen) atoms. The van der Waals surface area contributed by atoms with E-state index in [0.29, 0.717) is 17.0 Å². The number of nitrogens with one attached hydrogen (secondary N) is 1. The Balaban J connectivity index is 2.09. The molecule has 5 nitrogen and oxygen atoms in total. The van der Waals surface area contributed by atoms with Gasteiger partial charge in [-0.25, -0.2) is 0 Å². The van der Waals surface area contributed by atoms with Crippen LogP contribution in [0.25, 0.3) is 0 Å². The molecular formula is C13H22N4OS. The minimum atomic E-state index is 0.357. The van der Waals surface area contributed by atoms with E-state index >= 15 is 0 Å². The monoisotopic (exact) mass is 282 g/mol. The van der Waals surface area contributed by atoms with Crippen molar-refractivity contribution in [1.82, 2.24) is 9.78 Å². The third-order valence-electron chi connectivity index (χ3n) is 3.75. The largest absolute Gasteiger partial charge is 0.389 e. The molecule has 1 aromatic rings. The first-order valence-electron chi connectivity index (χ1n) is 6.73. The quantitative estimate of drug-likeness (QED) is 0.803. The molecule has 2 rings (SSSR count). The van der Waals surface area contributed by atoms with E-state index in [1.807, 2.05) is 14.0 Å². The fourth-order valence-corrected chi connectivity index (χ4v) is 3.01. The second-order valence-electron chi connectivity index (χ2n) is 5.04. The van der Waals surface area contributed by atoms with E-state index < -0.39 is 0 Å². The highest BCUT2D eigenvalue weighted by molar-refractivity contribution is 7.80. The lowest BCUT2D eigenvalue weighted by atomic mass is 9.99. The molecule has 0 amide bonds. The van der Waals surface area contributed by atoms with Crippen molar-refractivity contribution in [2.24, 2.45) is 18.7 Å². The maximum absolute atomic E-state index is 5.78. The highest BCUT2D eigenvalue weighted by atomic mass is 32.1. The Bertz CT molecular complexity index is 471. The van der Waals surface area contributed by atoms with Crippen LogP contribution < -0.4 is 11.1 Å². The van der Waals surface area contributed by atoms with E-state index in [1.54, 1.807) is 4.68 Å². The third kappa shape index (κ3) is 2.90. The van der Waals surface area contributed by atoms with E-state index in [-0.39, 0.29) is 0 Å². The molecule has 0 aromatic carbocycles. The van der Waals surface area contributed by atoms with E-state index in [4.69, 9.17) is 22.7 Å². The molecule has 3 N–H and O–H groups in total. The summed E-state index contributed by atoms with van der Waals surface area (Å²) < 4.78 is 7.51. The van der Waals surface area contributed by atoms with Crippen LogP contribution in [0.5, 0.6) is 0 Å². The summed E-state index contributed by atoms with van der Waals surface area (Å²) >= 11 is 5.11. The molecule has 6 heteroatoms. The molecule has 1 fully saturated rings. The lowest BCUT2D eigenvalue weighted by Gasteiger charge is -2.18. The van der Waals surface area contributed by atoms with E-state index in [0.717, 1.165) is 43.1 Å². The topological polar surface area (TPSA) is 65.1 Å². The van der Waals surface area contributed by atoms with Gasteiger partial charge in [-0.3, -0.25) is 4.68 Å². The molecule has 2 heterocycles. The predicted molar refractivity (Wildman–Crippen MR) is 80.5 cm³/mol. The van der Waals surface area contributed by atoms with Gasteiger partial charge in [0.2, 0.25) is 0 Å². The number of aryl methyl sites for hydroxylation is 2. The first-order chi connectivity index (χ1) is 9.04. The van der Waals surface area contributed by atoms with Crippen LogP contribution >= 0.6 is 12.2 Å². The first-order valence-corrected chi connectivity index (χ1v) is 7.14. The average molecular weight is 282 g/mol. The molecule has 2 unspecified atom stereocenters. The molecule has 2 atom stereocenters. The molecule has 0 saturated carbocycles. The lowest BCUT2D eigenvalue weighted by molar-refractivity contribution is 0.0900. The minimum Gasteiger partial charge on any atom is -0.389 e. The summed E-state index contributed by atoms with van der Waals surface area (Å²) in [6, 6.07) is 0. The second kappa shape index (κ2) is 5.88. The predicted octanol–water partition coefficient (Wildman–Crippen LogP) is 1.59. The molecule has 0 bridgehead atoms. The van der Waals surface area contributed by atoms with Gasteiger partial charge in [-0.2, -0.15) is 5.10 Å². The number of rotatable bonds is 5. The number of hydrogen-bond donors (Lipinski definition) is 2. The smallest absolute Gasteiger partial charge is 0.134 e. The van der Waals surface area contributed by atoms with Crippen molar-refractivity contribution in [3.63, 3.8) is 0 Å². The fraction of sp³-hybridized carbons (Fsp3) is 0.692. The van der Waals surface area contributed by atoms with Crippen molar-refractivity contribution in [2.45, 2.75) is 32.8 Å². The van der Waals surface area contributed by atoms with Gasteiger partial charge >= 0.3 is 0 Å². The van der Waals surface area contributed by atoms with Crippen molar-refractivity contribution < 1.29 is 4.74 Å². The van der Waals surface area contributed by atoms with Crippen molar-refractivity contribution in [2.75, 3.05) is 18.5 Å². The van der Waals surface area contributed by atoms with E-state index in [1.165, 1.54) is 0 Å². The van der Waals surface area contributed by atoms with Gasteiger partial charge in [0.1, 0.15) is 10.8 Å². The van der Waals surface area contributed by atoms with Gasteiger partial charge in [-0.15, -0.1) is 0 Å². The van der Waals surface area contributed by atoms with Crippen molar-refractivity contribution in [3.05, 3.63) is 11.3 Å². The van der Waals surface area contributed by atoms with Crippen LogP contribution in [-0.4, -0.2) is 34.0 Å². The number of hydrogen-bond acceptors (Lipinski definition) is 4. The average Bonchev–Trinajstić information content (AvgIpc) is 2.90. The normalized spacial score (nSPS) is 22.7. The summed E-state index contributed by atoms with van der Waals surface area (Å²) in [4.78, 5) is 0.391. The van der Waals surface area contributed by atoms with Gasteiger partial charge in [0.05, 0.1) is 17.4 Å². The van der Waals surface area contributed by atoms with Crippen LogP contribution in [0.1, 0.15) is 31.0 Å². The fourth-order valence-electron chi connectivity index (χ4n) is 2.76. The standard InChI is InChI=1S/C13H22N4OS/c1-4-10-9(5-6-18-10)7-15-13-11(12(14)19)8(2)16-17(13)3/h9-10,15H,4-7H2,1-3H3,(H2,14,19). The number of thiocarbonyl (C=S) groups is 1. The summed E-state index contributed by atoms with van der Waals surface area (Å²) in [5.41, 5.74) is 7.50. The summed E-state index contributed by atoms with van der Waals surface area (Å²) in [6.07, 6.45) is 2.51. The molecule has 1 aliphatic heterocycles. The molecule has 1 aliphatic rings. The Morgan fingerprint density at radius 2 is 2.37 bits per heavy atom. The van der Waals surface area contributed by atoms with Gasteiger partial charge in [0, 0.05) is 26.1 Å². The summed E-state index contributed by atoms with van der Waals surface area (Å²) in [7, 11) is 1.90. The molecule has 106 valence electrons. The number of anilines is 1. The zero-order chi connectivity index (χ0) is 14.0. The Morgan fingerprint density at radius 1 is 1.63 bits per heavy atom. The maximum atomic E-state index is 5.78. The zero-order valence-corrected chi connectivity index (χ0v) is 12.6. The van der Waals surface area contributed by atoms with E-state index in [2.05, 4.69) is 17.3 Å². The van der Waals surface area contributed by atoms with Crippen molar-refractivity contribution >= 4 is 23.0 Å². The zero-order valence-electron chi connectivity index (χ0n) is 11.8. The van der Waals surface area contributed by atoms with Gasteiger partial charge < -0.3 is 15.8 Å². The number of nitrogens with zero attached hydrogens (tertiary/aromatic N) is 2. The number of aromatic nitrogens is 2. The Hall–Kier alpha value is -1.14. The SMILES string of the molecule is CCC1OCCC1CNc1c(C(N)=S)c(C)nn1C. The molecule has 0 aliphatic carbocycles. The maximum Gasteiger partial charge on any atom is 0.134 e. The Labute approximate surface area is 119 Å². The van der Waals surface area contributed by atoms with Crippen LogP contribution in [0, 0.1) is 12.8 Å². The van der Waals surface area contributed by atoms with Gasteiger partial charge in [-0.05, 0) is 19.8 Å². The highest BCUT2D eigenvalue weighted by Crippen LogP contribution is 2.25. The Morgan fingerprint density at radius 3 is 3.00 bits per heavy atom. The van der Waals surface area contributed by atoms with Crippen LogP contribution in [-0.2, 0) is 11.8 Å². The lowest BCUT2D eigenvalue weighted by Crippen LogP contribution is -2.24. The summed E-state index contributed by atoms with van der Waals surface area (Å²) in [6.45, 7) is 5.81. The molecular weight excluding hydrogens is 260 g/mol. The first kappa shape index (κ1) is 14.3. The molecule has 0 radical (unpaired) electrons. The summed E-state index contributed by atoms with van der Waals surface area (Å²) in [5, 5.41) is 7.82. The van der Waals surface area contributed by atoms with Crippen molar-refractivity contribution in [1.29, 1.82) is 0 Å². The van der Waals surface area contributed by atoms with Gasteiger partial charge in [0.15, 0.2) is 0 Å². The molecule has 1 saturated heterocycles. The van der Waals surface area contributed by atoms with Crippen LogP contribution in [0.3, 0.4) is 0 Å². The third-order valence-corrected chi connectivity index (χ3v) is 3.95. The van der Waals surface area contributed by atoms with Gasteiger partial charge in [-0.1, -0.05) is 19.1 Å². The number of nitrogens with two attached hydrogens (primary N) is 1. The van der Waals surface area contributed by atoms with E-state index in [9.17, 15) is 0 Å². The second-order valence-corrected chi connectivity index (χ2v) is 5.48.